The number of anilines is 1. The first kappa shape index (κ1) is 21.7. The van der Waals surface area contributed by atoms with E-state index in [4.69, 9.17) is 14.6 Å². The molecular weight excluding hydrogens is 400 g/mol. The average Bonchev–Trinajstić information content (AvgIpc) is 2.72. The molecule has 0 atom stereocenters. The Balaban J connectivity index is 1.67. The molecule has 3 N–H and O–H groups in total. The number of ether oxygens (including phenoxy) is 2. The normalized spacial score (nSPS) is 11.2. The molecule has 0 spiro atoms. The Hall–Kier alpha value is -3.03. The van der Waals surface area contributed by atoms with Crippen LogP contribution in [0.25, 0.3) is 0 Å². The minimum atomic E-state index is -3.69. The molecular formula is C23H26N2O4S. The van der Waals surface area contributed by atoms with Crippen LogP contribution in [0, 0.1) is 6.92 Å². The highest BCUT2D eigenvalue weighted by Crippen LogP contribution is 2.30. The summed E-state index contributed by atoms with van der Waals surface area (Å²) in [4.78, 5) is 0.0850. The van der Waals surface area contributed by atoms with Gasteiger partial charge in [0.05, 0.1) is 11.5 Å². The molecule has 6 nitrogen and oxygen atoms in total. The standard InChI is InChI=1S/C23H26N2O4S/c1-3-28-23-14-18(15-25-20-9-11-21(12-10-20)30(24,26)27)8-13-22(23)29-16-19-7-5-4-6-17(19)2/h4-14,25H,3,15-16H2,1-2H3,(H2,24,26,27). The second kappa shape index (κ2) is 9.65. The van der Waals surface area contributed by atoms with Crippen LogP contribution in [0.1, 0.15) is 23.6 Å². The lowest BCUT2D eigenvalue weighted by Gasteiger charge is -2.15. The van der Waals surface area contributed by atoms with Gasteiger partial charge >= 0.3 is 0 Å². The summed E-state index contributed by atoms with van der Waals surface area (Å²) in [5, 5.41) is 8.39. The summed E-state index contributed by atoms with van der Waals surface area (Å²) in [6.07, 6.45) is 0. The molecule has 0 aliphatic heterocycles. The van der Waals surface area contributed by atoms with E-state index in [2.05, 4.69) is 24.4 Å². The van der Waals surface area contributed by atoms with Crippen LogP contribution in [0.4, 0.5) is 5.69 Å². The van der Waals surface area contributed by atoms with Gasteiger partial charge in [0, 0.05) is 12.2 Å². The van der Waals surface area contributed by atoms with Crippen LogP contribution in [0.15, 0.2) is 71.6 Å². The molecule has 7 heteroatoms. The highest BCUT2D eigenvalue weighted by molar-refractivity contribution is 7.89. The minimum absolute atomic E-state index is 0.0850. The number of sulfonamides is 1. The molecule has 0 unspecified atom stereocenters. The third kappa shape index (κ3) is 5.75. The predicted molar refractivity (Wildman–Crippen MR) is 118 cm³/mol. The molecule has 0 bridgehead atoms. The maximum atomic E-state index is 11.3. The number of hydrogen-bond donors (Lipinski definition) is 2. The molecule has 0 saturated heterocycles. The smallest absolute Gasteiger partial charge is 0.238 e. The lowest BCUT2D eigenvalue weighted by atomic mass is 10.1. The zero-order valence-electron chi connectivity index (χ0n) is 17.1. The maximum Gasteiger partial charge on any atom is 0.238 e. The highest BCUT2D eigenvalue weighted by atomic mass is 32.2. The van der Waals surface area contributed by atoms with Crippen molar-refractivity contribution in [3.8, 4) is 11.5 Å². The summed E-state index contributed by atoms with van der Waals surface area (Å²) in [7, 11) is -3.69. The number of nitrogens with two attached hydrogens (primary N) is 1. The van der Waals surface area contributed by atoms with Crippen LogP contribution in [0.2, 0.25) is 0 Å². The fourth-order valence-electron chi connectivity index (χ4n) is 2.94. The molecule has 158 valence electrons. The van der Waals surface area contributed by atoms with Crippen LogP contribution in [-0.4, -0.2) is 15.0 Å². The van der Waals surface area contributed by atoms with E-state index in [-0.39, 0.29) is 4.90 Å². The first-order chi connectivity index (χ1) is 14.4. The number of rotatable bonds is 9. The second-order valence-electron chi connectivity index (χ2n) is 6.85. The SMILES string of the molecule is CCOc1cc(CNc2ccc(S(N)(=O)=O)cc2)ccc1OCc1ccccc1C. The Labute approximate surface area is 177 Å². The fourth-order valence-corrected chi connectivity index (χ4v) is 3.46. The first-order valence-corrected chi connectivity index (χ1v) is 11.2. The molecule has 0 aliphatic carbocycles. The minimum Gasteiger partial charge on any atom is -0.490 e. The Morgan fingerprint density at radius 2 is 1.67 bits per heavy atom. The first-order valence-electron chi connectivity index (χ1n) is 9.66. The quantitative estimate of drug-likeness (QED) is 0.534. The van der Waals surface area contributed by atoms with E-state index in [1.165, 1.54) is 17.7 Å². The summed E-state index contributed by atoms with van der Waals surface area (Å²) in [5.74, 6) is 1.39. The highest BCUT2D eigenvalue weighted by Gasteiger charge is 2.09. The fraction of sp³-hybridized carbons (Fsp3) is 0.217. The van der Waals surface area contributed by atoms with Gasteiger partial charge in [0.2, 0.25) is 10.0 Å². The molecule has 0 saturated carbocycles. The molecule has 30 heavy (non-hydrogen) atoms. The van der Waals surface area contributed by atoms with Gasteiger partial charge in [-0.3, -0.25) is 0 Å². The molecule has 3 rings (SSSR count). The van der Waals surface area contributed by atoms with Gasteiger partial charge < -0.3 is 14.8 Å². The van der Waals surface area contributed by atoms with Crippen LogP contribution in [-0.2, 0) is 23.2 Å². The molecule has 3 aromatic carbocycles. The Morgan fingerprint density at radius 1 is 0.933 bits per heavy atom. The molecule has 0 amide bonds. The molecule has 0 fully saturated rings. The molecule has 0 aliphatic rings. The van der Waals surface area contributed by atoms with Gasteiger partial charge in [0.15, 0.2) is 11.5 Å². The molecule has 0 radical (unpaired) electrons. The number of hydrogen-bond acceptors (Lipinski definition) is 5. The van der Waals surface area contributed by atoms with E-state index in [0.29, 0.717) is 31.3 Å². The second-order valence-corrected chi connectivity index (χ2v) is 8.41. The maximum absolute atomic E-state index is 11.3. The van der Waals surface area contributed by atoms with Gasteiger partial charge in [-0.05, 0) is 66.9 Å². The number of primary sulfonamides is 1. The zero-order chi connectivity index (χ0) is 21.6. The lowest BCUT2D eigenvalue weighted by Crippen LogP contribution is -2.12. The average molecular weight is 427 g/mol. The van der Waals surface area contributed by atoms with E-state index in [1.54, 1.807) is 12.1 Å². The zero-order valence-corrected chi connectivity index (χ0v) is 17.9. The van der Waals surface area contributed by atoms with E-state index >= 15 is 0 Å². The van der Waals surface area contributed by atoms with Gasteiger partial charge in [0.25, 0.3) is 0 Å². The van der Waals surface area contributed by atoms with Crippen molar-refractivity contribution >= 4 is 15.7 Å². The summed E-state index contributed by atoms with van der Waals surface area (Å²) < 4.78 is 34.5. The van der Waals surface area contributed by atoms with Crippen molar-refractivity contribution in [3.63, 3.8) is 0 Å². The van der Waals surface area contributed by atoms with Crippen LogP contribution < -0.4 is 19.9 Å². The topological polar surface area (TPSA) is 90.6 Å². The van der Waals surface area contributed by atoms with Crippen molar-refractivity contribution in [1.82, 2.24) is 0 Å². The molecule has 3 aromatic rings. The van der Waals surface area contributed by atoms with Gasteiger partial charge in [-0.15, -0.1) is 0 Å². The van der Waals surface area contributed by atoms with E-state index in [1.807, 2.05) is 37.3 Å². The third-order valence-electron chi connectivity index (χ3n) is 4.63. The molecule has 0 heterocycles. The van der Waals surface area contributed by atoms with Gasteiger partial charge in [-0.25, -0.2) is 13.6 Å². The Bertz CT molecular complexity index is 1100. The van der Waals surface area contributed by atoms with Crippen molar-refractivity contribution in [2.75, 3.05) is 11.9 Å². The van der Waals surface area contributed by atoms with Crippen molar-refractivity contribution in [2.24, 2.45) is 5.14 Å². The summed E-state index contributed by atoms with van der Waals surface area (Å²) in [6.45, 7) is 5.55. The lowest BCUT2D eigenvalue weighted by molar-refractivity contribution is 0.268. The Kier molecular flexibility index (Phi) is 6.97. The summed E-state index contributed by atoms with van der Waals surface area (Å²) in [5.41, 5.74) is 4.12. The van der Waals surface area contributed by atoms with Crippen molar-refractivity contribution < 1.29 is 17.9 Å². The van der Waals surface area contributed by atoms with E-state index in [0.717, 1.165) is 16.8 Å². The van der Waals surface area contributed by atoms with Crippen LogP contribution in [0.3, 0.4) is 0 Å². The van der Waals surface area contributed by atoms with Gasteiger partial charge in [0.1, 0.15) is 6.61 Å². The van der Waals surface area contributed by atoms with Crippen LogP contribution in [0.5, 0.6) is 11.5 Å². The van der Waals surface area contributed by atoms with E-state index in [9.17, 15) is 8.42 Å². The number of nitrogens with one attached hydrogen (secondary N) is 1. The number of benzene rings is 3. The largest absolute Gasteiger partial charge is 0.490 e. The third-order valence-corrected chi connectivity index (χ3v) is 5.56. The summed E-state index contributed by atoms with van der Waals surface area (Å²) in [6, 6.07) is 20.3. The number of aryl methyl sites for hydroxylation is 1. The van der Waals surface area contributed by atoms with Crippen molar-refractivity contribution in [3.05, 3.63) is 83.4 Å². The van der Waals surface area contributed by atoms with Crippen molar-refractivity contribution in [1.29, 1.82) is 0 Å². The van der Waals surface area contributed by atoms with E-state index < -0.39 is 10.0 Å². The van der Waals surface area contributed by atoms with Gasteiger partial charge in [-0.1, -0.05) is 30.3 Å². The monoisotopic (exact) mass is 426 g/mol. The summed E-state index contributed by atoms with van der Waals surface area (Å²) >= 11 is 0. The Morgan fingerprint density at radius 3 is 2.33 bits per heavy atom. The van der Waals surface area contributed by atoms with Gasteiger partial charge in [-0.2, -0.15) is 0 Å². The van der Waals surface area contributed by atoms with Crippen LogP contribution >= 0.6 is 0 Å². The van der Waals surface area contributed by atoms with Crippen molar-refractivity contribution in [2.45, 2.75) is 31.9 Å². The predicted octanol–water partition coefficient (Wildman–Crippen LogP) is 4.23. The molecule has 0 aromatic heterocycles.